The van der Waals surface area contributed by atoms with E-state index in [-0.39, 0.29) is 11.1 Å². The molecule has 0 spiro atoms. The van der Waals surface area contributed by atoms with Gasteiger partial charge < -0.3 is 4.42 Å². The van der Waals surface area contributed by atoms with Crippen molar-refractivity contribution in [3.8, 4) is 33.5 Å². The van der Waals surface area contributed by atoms with Gasteiger partial charge in [0.2, 0.25) is 5.69 Å². The first kappa shape index (κ1) is 20.7. The Balaban J connectivity index is 1.31. The Morgan fingerprint density at radius 2 is 1.49 bits per heavy atom. The number of para-hydroxylation sites is 1. The number of rotatable bonds is 4. The third-order valence-corrected chi connectivity index (χ3v) is 9.41. The molecule has 43 heavy (non-hydrogen) atoms. The van der Waals surface area contributed by atoms with Crippen molar-refractivity contribution >= 4 is 21.9 Å². The lowest BCUT2D eigenvalue weighted by Crippen LogP contribution is -2.31. The van der Waals surface area contributed by atoms with Crippen LogP contribution in [0.1, 0.15) is 77.3 Å². The van der Waals surface area contributed by atoms with Gasteiger partial charge in [-0.15, -0.1) is 0 Å². The molecule has 1 fully saturated rings. The van der Waals surface area contributed by atoms with E-state index in [1.807, 2.05) is 43.3 Å². The van der Waals surface area contributed by atoms with Crippen LogP contribution >= 0.6 is 0 Å². The Labute approximate surface area is 265 Å². The third-order valence-electron chi connectivity index (χ3n) is 9.41. The van der Waals surface area contributed by atoms with Gasteiger partial charge in [-0.2, -0.15) is 0 Å². The Hall–Kier alpha value is -4.17. The number of benzene rings is 4. The molecule has 2 heterocycles. The molecular formula is C41H42NO+. The van der Waals surface area contributed by atoms with Crippen molar-refractivity contribution in [3.05, 3.63) is 113 Å². The molecule has 0 saturated heterocycles. The monoisotopic (exact) mass is 571 g/mol. The van der Waals surface area contributed by atoms with Gasteiger partial charge in [0, 0.05) is 37.6 Å². The molecule has 2 heteroatoms. The van der Waals surface area contributed by atoms with Crippen LogP contribution in [0.15, 0.2) is 95.5 Å². The van der Waals surface area contributed by atoms with E-state index in [0.29, 0.717) is 16.7 Å². The van der Waals surface area contributed by atoms with Crippen LogP contribution in [0.5, 0.6) is 0 Å². The normalized spacial score (nSPS) is 19.1. The van der Waals surface area contributed by atoms with Crippen LogP contribution < -0.4 is 4.57 Å². The van der Waals surface area contributed by atoms with Gasteiger partial charge in [0.25, 0.3) is 0 Å². The minimum absolute atomic E-state index is 0.188. The number of aryl methyl sites for hydroxylation is 4. The minimum Gasteiger partial charge on any atom is -0.454 e. The second-order valence-electron chi connectivity index (χ2n) is 12.9. The van der Waals surface area contributed by atoms with E-state index in [2.05, 4.69) is 56.3 Å². The van der Waals surface area contributed by atoms with Crippen LogP contribution in [0.4, 0.5) is 0 Å². The molecule has 0 bridgehead atoms. The predicted octanol–water partition coefficient (Wildman–Crippen LogP) is 11.0. The SMILES string of the molecule is [2H]C([2H])([2H])c1cc(-c2c(C)ccc3c2oc2c(-c4cccc(-c5ccc(C6([2H])CCC(C)(C)CC6)cc5)c4)cccc23)[n+](C)cc1C([2H])([2H])[2H]. The molecule has 0 aliphatic heterocycles. The Kier molecular flexibility index (Phi) is 5.06. The van der Waals surface area contributed by atoms with Gasteiger partial charge >= 0.3 is 0 Å². The summed E-state index contributed by atoms with van der Waals surface area (Å²) in [5.41, 5.74) is 8.59. The van der Waals surface area contributed by atoms with Gasteiger partial charge in [-0.05, 0) is 97.1 Å². The van der Waals surface area contributed by atoms with Crippen molar-refractivity contribution in [2.45, 2.75) is 66.1 Å². The minimum atomic E-state index is -2.61. The van der Waals surface area contributed by atoms with E-state index in [1.54, 1.807) is 11.6 Å². The predicted molar refractivity (Wildman–Crippen MR) is 180 cm³/mol. The fraction of sp³-hybridized carbons (Fsp3) is 0.293. The van der Waals surface area contributed by atoms with Crippen molar-refractivity contribution in [3.63, 3.8) is 0 Å². The summed E-state index contributed by atoms with van der Waals surface area (Å²) in [7, 11) is 1.73. The van der Waals surface area contributed by atoms with E-state index in [4.69, 9.17) is 12.6 Å². The number of furan rings is 1. The summed E-state index contributed by atoms with van der Waals surface area (Å²) >= 11 is 0. The highest BCUT2D eigenvalue weighted by Gasteiger charge is 2.27. The fourth-order valence-corrected chi connectivity index (χ4v) is 6.69. The van der Waals surface area contributed by atoms with Gasteiger partial charge in [0.15, 0.2) is 6.20 Å². The highest BCUT2D eigenvalue weighted by molar-refractivity contribution is 6.13. The van der Waals surface area contributed by atoms with Crippen LogP contribution in [0.2, 0.25) is 0 Å². The first-order valence-electron chi connectivity index (χ1n) is 18.7. The molecule has 0 radical (unpaired) electrons. The molecule has 0 atom stereocenters. The second kappa shape index (κ2) is 10.5. The summed E-state index contributed by atoms with van der Waals surface area (Å²) in [6.07, 6.45) is 5.29. The Morgan fingerprint density at radius 3 is 2.26 bits per heavy atom. The number of nitrogens with zero attached hydrogens (tertiary/aromatic N) is 1. The van der Waals surface area contributed by atoms with E-state index in [9.17, 15) is 1.37 Å². The van der Waals surface area contributed by atoms with E-state index in [0.717, 1.165) is 81.0 Å². The molecule has 0 N–H and O–H groups in total. The lowest BCUT2D eigenvalue weighted by Gasteiger charge is -2.34. The summed E-state index contributed by atoms with van der Waals surface area (Å²) in [4.78, 5) is 0. The second-order valence-corrected chi connectivity index (χ2v) is 12.9. The lowest BCUT2D eigenvalue weighted by atomic mass is 9.71. The number of hydrogen-bond acceptors (Lipinski definition) is 1. The number of fused-ring (bicyclic) bond motifs is 3. The average molecular weight is 572 g/mol. The number of aromatic nitrogens is 1. The maximum Gasteiger partial charge on any atom is 0.216 e. The topological polar surface area (TPSA) is 17.0 Å². The molecule has 7 rings (SSSR count). The summed E-state index contributed by atoms with van der Waals surface area (Å²) in [6, 6.07) is 28.5. The van der Waals surface area contributed by atoms with Crippen molar-refractivity contribution in [2.75, 3.05) is 0 Å². The molecule has 2 aromatic heterocycles. The zero-order valence-electron chi connectivity index (χ0n) is 32.3. The molecule has 0 amide bonds. The lowest BCUT2D eigenvalue weighted by molar-refractivity contribution is -0.660. The highest BCUT2D eigenvalue weighted by Crippen LogP contribution is 2.43. The van der Waals surface area contributed by atoms with Crippen LogP contribution in [0.3, 0.4) is 0 Å². The number of pyridine rings is 1. The van der Waals surface area contributed by atoms with Crippen molar-refractivity contribution in [1.29, 1.82) is 0 Å². The highest BCUT2D eigenvalue weighted by atomic mass is 16.3. The van der Waals surface area contributed by atoms with E-state index >= 15 is 0 Å². The quantitative estimate of drug-likeness (QED) is 0.192. The van der Waals surface area contributed by atoms with Crippen LogP contribution in [0, 0.1) is 26.0 Å². The summed E-state index contributed by atoms with van der Waals surface area (Å²) in [5.74, 6) is -0.535. The molecule has 216 valence electrons. The first-order valence-corrected chi connectivity index (χ1v) is 15.2. The largest absolute Gasteiger partial charge is 0.454 e. The third kappa shape index (κ3) is 4.97. The number of hydrogen-bond donors (Lipinski definition) is 0. The first-order chi connectivity index (χ1) is 23.5. The molecule has 0 unspecified atom stereocenters. The zero-order valence-corrected chi connectivity index (χ0v) is 25.3. The van der Waals surface area contributed by atoms with Gasteiger partial charge in [-0.1, -0.05) is 86.6 Å². The van der Waals surface area contributed by atoms with Gasteiger partial charge in [-0.3, -0.25) is 0 Å². The van der Waals surface area contributed by atoms with E-state index in [1.165, 1.54) is 12.3 Å². The summed E-state index contributed by atoms with van der Waals surface area (Å²) < 4.78 is 66.1. The summed E-state index contributed by atoms with van der Waals surface area (Å²) in [5, 5.41) is 1.82. The van der Waals surface area contributed by atoms with Gasteiger partial charge in [0.1, 0.15) is 18.2 Å². The van der Waals surface area contributed by atoms with Crippen molar-refractivity contribution in [1.82, 2.24) is 0 Å². The van der Waals surface area contributed by atoms with E-state index < -0.39 is 19.6 Å². The van der Waals surface area contributed by atoms with Crippen LogP contribution in [0.25, 0.3) is 55.4 Å². The standard InChI is InChI=1S/C41H42NO/c1-26-13-18-36-35-12-8-11-34(39(35)43-40(36)38(26)37-23-27(2)28(3)25-42(37)6)33-10-7-9-32(24-33)30-16-14-29(15-17-30)31-19-21-41(4,5)22-20-31/h7-18,23-25,31H,19-22H2,1-6H3/q+1/i2D3,3D3,31D. The molecule has 2 nitrogen and oxygen atoms in total. The average Bonchev–Trinajstić information content (AvgIpc) is 3.44. The Bertz CT molecular complexity index is 2250. The molecular weight excluding hydrogens is 522 g/mol. The molecule has 6 aromatic rings. The Morgan fingerprint density at radius 1 is 0.767 bits per heavy atom. The molecule has 4 aromatic carbocycles. The fourth-order valence-electron chi connectivity index (χ4n) is 6.69. The van der Waals surface area contributed by atoms with Crippen molar-refractivity contribution in [2.24, 2.45) is 12.5 Å². The van der Waals surface area contributed by atoms with Crippen molar-refractivity contribution < 1.29 is 18.6 Å². The van der Waals surface area contributed by atoms with Gasteiger partial charge in [-0.25, -0.2) is 4.57 Å². The summed E-state index contributed by atoms with van der Waals surface area (Å²) in [6.45, 7) is 1.35. The van der Waals surface area contributed by atoms with Crippen LogP contribution in [-0.4, -0.2) is 0 Å². The molecule has 1 aliphatic carbocycles. The maximum atomic E-state index is 9.19. The molecule has 1 aliphatic rings. The van der Waals surface area contributed by atoms with Gasteiger partial charge in [0.05, 0.1) is 5.56 Å². The maximum absolute atomic E-state index is 9.19. The molecule has 1 saturated carbocycles. The smallest absolute Gasteiger partial charge is 0.216 e. The zero-order chi connectivity index (χ0) is 35.8. The van der Waals surface area contributed by atoms with Crippen LogP contribution in [-0.2, 0) is 7.05 Å².